The molecule has 0 aliphatic heterocycles. The summed E-state index contributed by atoms with van der Waals surface area (Å²) in [5.74, 6) is 1.04. The predicted octanol–water partition coefficient (Wildman–Crippen LogP) is 1.11. The third-order valence-corrected chi connectivity index (χ3v) is 1.88. The van der Waals surface area contributed by atoms with Crippen molar-refractivity contribution in [2.24, 2.45) is 0 Å². The van der Waals surface area contributed by atoms with Gasteiger partial charge in [0, 0.05) is 12.4 Å². The minimum Gasteiger partial charge on any atom is -0.384 e. The number of nitrogens with zero attached hydrogens (tertiary/aromatic N) is 4. The number of rotatable bonds is 3. The number of allylic oxidation sites excluding steroid dienone is 1. The second-order valence-electron chi connectivity index (χ2n) is 3.04. The molecule has 0 aliphatic carbocycles. The van der Waals surface area contributed by atoms with Crippen LogP contribution in [0, 0.1) is 0 Å². The summed E-state index contributed by atoms with van der Waals surface area (Å²) in [7, 11) is 0. The number of hydrogen-bond acceptors (Lipinski definition) is 4. The minimum absolute atomic E-state index is 0.455. The molecule has 0 saturated heterocycles. The van der Waals surface area contributed by atoms with Gasteiger partial charge in [0.15, 0.2) is 5.82 Å². The van der Waals surface area contributed by atoms with E-state index in [1.54, 1.807) is 29.2 Å². The van der Waals surface area contributed by atoms with Gasteiger partial charge >= 0.3 is 0 Å². The van der Waals surface area contributed by atoms with E-state index in [0.717, 1.165) is 5.56 Å². The van der Waals surface area contributed by atoms with Crippen molar-refractivity contribution in [2.75, 3.05) is 5.73 Å². The van der Waals surface area contributed by atoms with Gasteiger partial charge in [-0.05, 0) is 6.07 Å². The first kappa shape index (κ1) is 9.39. The van der Waals surface area contributed by atoms with Gasteiger partial charge in [-0.2, -0.15) is 5.10 Å². The van der Waals surface area contributed by atoms with Gasteiger partial charge in [-0.15, -0.1) is 6.58 Å². The molecule has 5 nitrogen and oxygen atoms in total. The summed E-state index contributed by atoms with van der Waals surface area (Å²) < 4.78 is 1.76. The van der Waals surface area contributed by atoms with Gasteiger partial charge in [-0.1, -0.05) is 6.08 Å². The average molecular weight is 201 g/mol. The zero-order chi connectivity index (χ0) is 10.7. The molecule has 0 spiro atoms. The summed E-state index contributed by atoms with van der Waals surface area (Å²) in [5, 5.41) is 4.14. The molecule has 0 fully saturated rings. The van der Waals surface area contributed by atoms with E-state index in [0.29, 0.717) is 18.2 Å². The summed E-state index contributed by atoms with van der Waals surface area (Å²) in [6, 6.07) is 1.65. The summed E-state index contributed by atoms with van der Waals surface area (Å²) in [5.41, 5.74) is 6.42. The highest BCUT2D eigenvalue weighted by molar-refractivity contribution is 5.53. The minimum atomic E-state index is 0.455. The molecule has 0 aliphatic rings. The van der Waals surface area contributed by atoms with E-state index < -0.39 is 0 Å². The molecule has 0 radical (unpaired) electrons. The van der Waals surface area contributed by atoms with E-state index in [-0.39, 0.29) is 0 Å². The number of anilines is 1. The Morgan fingerprint density at radius 2 is 2.40 bits per heavy atom. The molecule has 0 saturated carbocycles. The smallest absolute Gasteiger partial charge is 0.164 e. The number of nitrogens with two attached hydrogens (primary N) is 1. The van der Waals surface area contributed by atoms with Crippen molar-refractivity contribution in [1.82, 2.24) is 19.7 Å². The van der Waals surface area contributed by atoms with Gasteiger partial charge in [0.2, 0.25) is 0 Å². The highest BCUT2D eigenvalue weighted by Gasteiger charge is 2.03. The quantitative estimate of drug-likeness (QED) is 0.755. The Balaban J connectivity index is 2.32. The Labute approximate surface area is 87.3 Å². The fraction of sp³-hybridized carbons (Fsp3) is 0.100. The van der Waals surface area contributed by atoms with Gasteiger partial charge in [-0.3, -0.25) is 4.68 Å². The van der Waals surface area contributed by atoms with Crippen molar-refractivity contribution in [3.63, 3.8) is 0 Å². The molecule has 0 amide bonds. The lowest BCUT2D eigenvalue weighted by Gasteiger charge is -1.96. The molecular weight excluding hydrogens is 190 g/mol. The second-order valence-corrected chi connectivity index (χ2v) is 3.04. The molecule has 0 atom stereocenters. The van der Waals surface area contributed by atoms with E-state index in [9.17, 15) is 0 Å². The van der Waals surface area contributed by atoms with Crippen LogP contribution >= 0.6 is 0 Å². The van der Waals surface area contributed by atoms with Crippen LogP contribution in [0.5, 0.6) is 0 Å². The molecule has 2 aromatic heterocycles. The fourth-order valence-electron chi connectivity index (χ4n) is 1.22. The third kappa shape index (κ3) is 2.01. The first-order chi connectivity index (χ1) is 7.29. The Hall–Kier alpha value is -2.17. The van der Waals surface area contributed by atoms with Gasteiger partial charge in [0.25, 0.3) is 0 Å². The fourth-order valence-corrected chi connectivity index (χ4v) is 1.22. The number of aromatic nitrogens is 4. The van der Waals surface area contributed by atoms with E-state index >= 15 is 0 Å². The summed E-state index contributed by atoms with van der Waals surface area (Å²) in [4.78, 5) is 8.22. The van der Waals surface area contributed by atoms with Gasteiger partial charge in [0.05, 0.1) is 18.3 Å². The average Bonchev–Trinajstić information content (AvgIpc) is 2.67. The lowest BCUT2D eigenvalue weighted by molar-refractivity contribution is 0.703. The van der Waals surface area contributed by atoms with Crippen LogP contribution in [0.15, 0.2) is 37.3 Å². The Kier molecular flexibility index (Phi) is 2.45. The molecule has 0 unspecified atom stereocenters. The van der Waals surface area contributed by atoms with Crippen LogP contribution < -0.4 is 5.73 Å². The molecule has 2 rings (SSSR count). The number of hydrogen-bond donors (Lipinski definition) is 1. The monoisotopic (exact) mass is 201 g/mol. The first-order valence-corrected chi connectivity index (χ1v) is 4.52. The van der Waals surface area contributed by atoms with Gasteiger partial charge in [-0.25, -0.2) is 9.97 Å². The maximum absolute atomic E-state index is 5.57. The van der Waals surface area contributed by atoms with Crippen LogP contribution in [0.4, 0.5) is 5.82 Å². The van der Waals surface area contributed by atoms with E-state index in [1.165, 1.54) is 0 Å². The maximum Gasteiger partial charge on any atom is 0.164 e. The summed E-state index contributed by atoms with van der Waals surface area (Å²) >= 11 is 0. The van der Waals surface area contributed by atoms with Crippen LogP contribution in [0.3, 0.4) is 0 Å². The lowest BCUT2D eigenvalue weighted by Crippen LogP contribution is -1.95. The molecule has 2 heterocycles. The van der Waals surface area contributed by atoms with Crippen molar-refractivity contribution in [3.8, 4) is 11.4 Å². The van der Waals surface area contributed by atoms with Crippen molar-refractivity contribution >= 4 is 5.82 Å². The van der Waals surface area contributed by atoms with Gasteiger partial charge in [0.1, 0.15) is 5.82 Å². The van der Waals surface area contributed by atoms with E-state index in [4.69, 9.17) is 5.73 Å². The van der Waals surface area contributed by atoms with Crippen molar-refractivity contribution in [2.45, 2.75) is 6.54 Å². The Morgan fingerprint density at radius 3 is 3.13 bits per heavy atom. The highest BCUT2D eigenvalue weighted by atomic mass is 15.3. The predicted molar refractivity (Wildman–Crippen MR) is 57.9 cm³/mol. The SMILES string of the molecule is C=CCn1cc(-c2nccc(N)n2)cn1. The van der Waals surface area contributed by atoms with Crippen molar-refractivity contribution < 1.29 is 0 Å². The van der Waals surface area contributed by atoms with Crippen LogP contribution in [-0.4, -0.2) is 19.7 Å². The zero-order valence-electron chi connectivity index (χ0n) is 8.17. The molecule has 15 heavy (non-hydrogen) atoms. The molecule has 0 bridgehead atoms. The Morgan fingerprint density at radius 1 is 1.53 bits per heavy atom. The highest BCUT2D eigenvalue weighted by Crippen LogP contribution is 2.13. The van der Waals surface area contributed by atoms with Crippen LogP contribution in [-0.2, 0) is 6.54 Å². The second kappa shape index (κ2) is 3.91. The first-order valence-electron chi connectivity index (χ1n) is 4.52. The van der Waals surface area contributed by atoms with E-state index in [2.05, 4.69) is 21.6 Å². The lowest BCUT2D eigenvalue weighted by atomic mass is 10.3. The van der Waals surface area contributed by atoms with Crippen LogP contribution in [0.25, 0.3) is 11.4 Å². The van der Waals surface area contributed by atoms with Crippen molar-refractivity contribution in [3.05, 3.63) is 37.3 Å². The molecular formula is C10H11N5. The normalized spacial score (nSPS) is 10.1. The standard InChI is InChI=1S/C10H11N5/c1-2-5-15-7-8(6-13-15)10-12-4-3-9(11)14-10/h2-4,6-7H,1,5H2,(H2,11,12,14). The molecule has 2 N–H and O–H groups in total. The topological polar surface area (TPSA) is 69.6 Å². The van der Waals surface area contributed by atoms with Crippen LogP contribution in [0.1, 0.15) is 0 Å². The molecule has 0 aromatic carbocycles. The van der Waals surface area contributed by atoms with Gasteiger partial charge < -0.3 is 5.73 Å². The largest absolute Gasteiger partial charge is 0.384 e. The summed E-state index contributed by atoms with van der Waals surface area (Å²) in [6.07, 6.45) is 6.97. The molecule has 76 valence electrons. The molecule has 2 aromatic rings. The van der Waals surface area contributed by atoms with Crippen molar-refractivity contribution in [1.29, 1.82) is 0 Å². The van der Waals surface area contributed by atoms with E-state index in [1.807, 2.05) is 6.20 Å². The van der Waals surface area contributed by atoms with Crippen LogP contribution in [0.2, 0.25) is 0 Å². The summed E-state index contributed by atoms with van der Waals surface area (Å²) in [6.45, 7) is 4.31. The maximum atomic E-state index is 5.57. The zero-order valence-corrected chi connectivity index (χ0v) is 8.17. The third-order valence-electron chi connectivity index (χ3n) is 1.88. The molecule has 5 heteroatoms. The Bertz CT molecular complexity index is 474. The number of nitrogen functional groups attached to an aromatic ring is 1.